The summed E-state index contributed by atoms with van der Waals surface area (Å²) >= 11 is 0. The average Bonchev–Trinajstić information content (AvgIpc) is 3.24. The van der Waals surface area contributed by atoms with Crippen molar-refractivity contribution in [3.05, 3.63) is 53.8 Å². The largest absolute Gasteiger partial charge is 0.480 e. The van der Waals surface area contributed by atoms with E-state index >= 15 is 0 Å². The van der Waals surface area contributed by atoms with Crippen molar-refractivity contribution in [2.45, 2.75) is 12.8 Å². The summed E-state index contributed by atoms with van der Waals surface area (Å²) in [6.07, 6.45) is 7.08. The molecule has 0 amide bonds. The van der Waals surface area contributed by atoms with Gasteiger partial charge in [0.15, 0.2) is 11.5 Å². The minimum Gasteiger partial charge on any atom is -0.480 e. The first-order valence-electron chi connectivity index (χ1n) is 6.82. The Morgan fingerprint density at radius 2 is 1.86 bits per heavy atom. The Bertz CT molecular complexity index is 684. The van der Waals surface area contributed by atoms with Crippen molar-refractivity contribution in [3.63, 3.8) is 0 Å². The van der Waals surface area contributed by atoms with Gasteiger partial charge in [0.05, 0.1) is 0 Å². The number of hydrogen-bond acceptors (Lipinski definition) is 4. The van der Waals surface area contributed by atoms with E-state index in [1.807, 2.05) is 6.08 Å². The molecule has 1 fully saturated rings. The van der Waals surface area contributed by atoms with E-state index in [0.29, 0.717) is 0 Å². The Morgan fingerprint density at radius 1 is 1.14 bits per heavy atom. The van der Waals surface area contributed by atoms with Crippen LogP contribution in [0.3, 0.4) is 0 Å². The van der Waals surface area contributed by atoms with E-state index in [4.69, 9.17) is 14.9 Å². The quantitative estimate of drug-likeness (QED) is 0.493. The molecule has 0 bridgehead atoms. The van der Waals surface area contributed by atoms with Crippen molar-refractivity contribution in [1.82, 2.24) is 0 Å². The minimum absolute atomic E-state index is 0.0273. The van der Waals surface area contributed by atoms with Gasteiger partial charge in [0.25, 0.3) is 0 Å². The summed E-state index contributed by atoms with van der Waals surface area (Å²) in [6, 6.07) is 6.01. The first-order valence-corrected chi connectivity index (χ1v) is 6.82. The molecule has 1 unspecified atom stereocenters. The van der Waals surface area contributed by atoms with Gasteiger partial charge >= 0.3 is 11.9 Å². The number of benzene rings is 1. The van der Waals surface area contributed by atoms with Gasteiger partial charge in [-0.05, 0) is 31.1 Å². The van der Waals surface area contributed by atoms with Crippen LogP contribution in [0.25, 0.3) is 0 Å². The van der Waals surface area contributed by atoms with Gasteiger partial charge in [-0.3, -0.25) is 14.6 Å². The summed E-state index contributed by atoms with van der Waals surface area (Å²) in [4.78, 5) is 32.6. The van der Waals surface area contributed by atoms with Crippen LogP contribution in [0.1, 0.15) is 23.2 Å². The average molecular weight is 302 g/mol. The Balaban J connectivity index is 1.79. The molecule has 1 spiro atoms. The Hall–Kier alpha value is -2.76. The smallest absolute Gasteiger partial charge is 0.339 e. The highest BCUT2D eigenvalue weighted by atomic mass is 17.2. The lowest BCUT2D eigenvalue weighted by atomic mass is 9.92. The monoisotopic (exact) mass is 302 g/mol. The molecule has 1 atom stereocenters. The molecule has 1 aromatic carbocycles. The SMILES string of the molecule is O=C(O)c1ccccc1OOC1=CC2(C=CC1C(=O)O)CC2. The van der Waals surface area contributed by atoms with E-state index in [0.717, 1.165) is 12.8 Å². The molecule has 2 aliphatic rings. The lowest BCUT2D eigenvalue weighted by Crippen LogP contribution is -2.21. The Kier molecular flexibility index (Phi) is 3.36. The summed E-state index contributed by atoms with van der Waals surface area (Å²) < 4.78 is 0. The second kappa shape index (κ2) is 5.22. The third kappa shape index (κ3) is 2.67. The van der Waals surface area contributed by atoms with Gasteiger partial charge in [-0.15, -0.1) is 0 Å². The first kappa shape index (κ1) is 14.2. The van der Waals surface area contributed by atoms with Gasteiger partial charge in [0.2, 0.25) is 0 Å². The lowest BCUT2D eigenvalue weighted by Gasteiger charge is -2.20. The molecule has 6 heteroatoms. The van der Waals surface area contributed by atoms with Gasteiger partial charge in [-0.25, -0.2) is 4.79 Å². The van der Waals surface area contributed by atoms with Crippen molar-refractivity contribution in [2.24, 2.45) is 11.3 Å². The molecular formula is C16H14O6. The summed E-state index contributed by atoms with van der Waals surface area (Å²) in [5.74, 6) is -2.92. The van der Waals surface area contributed by atoms with Crippen molar-refractivity contribution in [3.8, 4) is 5.75 Å². The van der Waals surface area contributed by atoms with Gasteiger partial charge < -0.3 is 10.2 Å². The van der Waals surface area contributed by atoms with E-state index in [1.165, 1.54) is 12.1 Å². The first-order chi connectivity index (χ1) is 10.5. The summed E-state index contributed by atoms with van der Waals surface area (Å²) in [6.45, 7) is 0. The highest BCUT2D eigenvalue weighted by molar-refractivity contribution is 5.90. The number of para-hydroxylation sites is 1. The maximum atomic E-state index is 11.3. The zero-order valence-corrected chi connectivity index (χ0v) is 11.6. The number of carboxylic acids is 2. The molecule has 114 valence electrons. The molecule has 3 rings (SSSR count). The molecule has 0 saturated heterocycles. The molecule has 2 N–H and O–H groups in total. The van der Waals surface area contributed by atoms with Gasteiger partial charge in [-0.1, -0.05) is 24.3 Å². The number of allylic oxidation sites excluding steroid dienone is 2. The van der Waals surface area contributed by atoms with E-state index in [-0.39, 0.29) is 22.5 Å². The Morgan fingerprint density at radius 3 is 2.50 bits per heavy atom. The molecule has 6 nitrogen and oxygen atoms in total. The minimum atomic E-state index is -1.15. The number of aromatic carboxylic acids is 1. The fourth-order valence-corrected chi connectivity index (χ4v) is 2.35. The van der Waals surface area contributed by atoms with E-state index < -0.39 is 17.9 Å². The molecule has 0 aromatic heterocycles. The van der Waals surface area contributed by atoms with Crippen LogP contribution in [0.4, 0.5) is 0 Å². The van der Waals surface area contributed by atoms with Crippen LogP contribution < -0.4 is 4.89 Å². The summed E-state index contributed by atoms with van der Waals surface area (Å²) in [7, 11) is 0. The second-order valence-corrected chi connectivity index (χ2v) is 5.42. The number of aliphatic carboxylic acids is 1. The van der Waals surface area contributed by atoms with Crippen LogP contribution in [0, 0.1) is 11.3 Å². The maximum Gasteiger partial charge on any atom is 0.339 e. The van der Waals surface area contributed by atoms with Crippen LogP contribution >= 0.6 is 0 Å². The van der Waals surface area contributed by atoms with E-state index in [2.05, 4.69) is 0 Å². The molecular weight excluding hydrogens is 288 g/mol. The molecule has 2 aliphatic carbocycles. The fraction of sp³-hybridized carbons (Fsp3) is 0.250. The second-order valence-electron chi connectivity index (χ2n) is 5.42. The van der Waals surface area contributed by atoms with Gasteiger partial charge in [0, 0.05) is 5.41 Å². The molecule has 0 heterocycles. The van der Waals surface area contributed by atoms with Crippen molar-refractivity contribution >= 4 is 11.9 Å². The number of carboxylic acid groups (broad SMARTS) is 2. The van der Waals surface area contributed by atoms with Crippen LogP contribution in [-0.4, -0.2) is 22.2 Å². The van der Waals surface area contributed by atoms with E-state index in [9.17, 15) is 14.7 Å². The van der Waals surface area contributed by atoms with Crippen molar-refractivity contribution < 1.29 is 29.6 Å². The van der Waals surface area contributed by atoms with Crippen LogP contribution in [0.2, 0.25) is 0 Å². The topological polar surface area (TPSA) is 93.1 Å². The molecule has 1 aromatic rings. The highest BCUT2D eigenvalue weighted by Gasteiger charge is 2.43. The predicted octanol–water partition coefficient (Wildman–Crippen LogP) is 2.63. The summed E-state index contributed by atoms with van der Waals surface area (Å²) in [5, 5.41) is 18.3. The van der Waals surface area contributed by atoms with Gasteiger partial charge in [0.1, 0.15) is 11.5 Å². The fourth-order valence-electron chi connectivity index (χ4n) is 2.35. The third-order valence-corrected chi connectivity index (χ3v) is 3.80. The van der Waals surface area contributed by atoms with Crippen LogP contribution in [0.5, 0.6) is 5.75 Å². The molecule has 22 heavy (non-hydrogen) atoms. The third-order valence-electron chi connectivity index (χ3n) is 3.80. The number of carbonyl (C=O) groups is 2. The predicted molar refractivity (Wildman–Crippen MR) is 75.1 cm³/mol. The number of rotatable bonds is 5. The van der Waals surface area contributed by atoms with Crippen molar-refractivity contribution in [1.29, 1.82) is 0 Å². The lowest BCUT2D eigenvalue weighted by molar-refractivity contribution is -0.179. The number of hydrogen-bond donors (Lipinski definition) is 2. The normalized spacial score (nSPS) is 21.1. The zero-order chi connectivity index (χ0) is 15.7. The zero-order valence-electron chi connectivity index (χ0n) is 11.6. The van der Waals surface area contributed by atoms with E-state index in [1.54, 1.807) is 24.3 Å². The van der Waals surface area contributed by atoms with Crippen LogP contribution in [0.15, 0.2) is 48.3 Å². The summed E-state index contributed by atoms with van der Waals surface area (Å²) in [5.41, 5.74) is -0.181. The van der Waals surface area contributed by atoms with Crippen LogP contribution in [-0.2, 0) is 9.68 Å². The standard InChI is InChI=1S/C16H14O6/c17-14(18)10-3-1-2-4-12(10)21-22-13-9-16(7-8-16)6-5-11(13)15(19)20/h1-6,9,11H,7-8H2,(H,17,18)(H,19,20). The molecule has 0 radical (unpaired) electrons. The molecule has 1 saturated carbocycles. The highest BCUT2D eigenvalue weighted by Crippen LogP contribution is 2.52. The molecule has 0 aliphatic heterocycles. The van der Waals surface area contributed by atoms with Crippen molar-refractivity contribution in [2.75, 3.05) is 0 Å². The van der Waals surface area contributed by atoms with Gasteiger partial charge in [-0.2, -0.15) is 0 Å². The Labute approximate surface area is 126 Å². The maximum absolute atomic E-state index is 11.3.